The van der Waals surface area contributed by atoms with Crippen LogP contribution in [0.3, 0.4) is 0 Å². The van der Waals surface area contributed by atoms with Crippen molar-refractivity contribution in [3.05, 3.63) is 0 Å². The highest BCUT2D eigenvalue weighted by atomic mass is 16.5. The molecule has 0 aliphatic rings. The van der Waals surface area contributed by atoms with E-state index < -0.39 is 0 Å². The van der Waals surface area contributed by atoms with Gasteiger partial charge in [-0.25, -0.2) is 0 Å². The van der Waals surface area contributed by atoms with E-state index in [1.807, 2.05) is 0 Å². The second kappa shape index (κ2) is 7.65. The molecule has 102 valence electrons. The molecule has 2 N–H and O–H groups in total. The van der Waals surface area contributed by atoms with Crippen LogP contribution in [0.15, 0.2) is 0 Å². The van der Waals surface area contributed by atoms with Crippen molar-refractivity contribution < 1.29 is 9.47 Å². The number of nitrogens with two attached hydrogens (primary N) is 1. The first kappa shape index (κ1) is 14.4. The Balaban J connectivity index is 2.93. The molecule has 0 saturated carbocycles. The van der Waals surface area contributed by atoms with Crippen molar-refractivity contribution >= 4 is 5.95 Å². The van der Waals surface area contributed by atoms with E-state index in [4.69, 9.17) is 15.2 Å². The lowest BCUT2D eigenvalue weighted by molar-refractivity contribution is 0.339. The quantitative estimate of drug-likeness (QED) is 0.721. The summed E-state index contributed by atoms with van der Waals surface area (Å²) in [5, 5.41) is 0. The number of anilines is 1. The van der Waals surface area contributed by atoms with Crippen LogP contribution >= 0.6 is 0 Å². The van der Waals surface area contributed by atoms with E-state index in [-0.39, 0.29) is 12.0 Å². The Morgan fingerprint density at radius 1 is 1.06 bits per heavy atom. The maximum atomic E-state index is 5.53. The van der Waals surface area contributed by atoms with Crippen LogP contribution in [0.25, 0.3) is 0 Å². The first-order chi connectivity index (χ1) is 8.74. The Labute approximate surface area is 107 Å². The summed E-state index contributed by atoms with van der Waals surface area (Å²) in [5.41, 5.74) is 5.53. The van der Waals surface area contributed by atoms with Crippen LogP contribution in [-0.2, 0) is 0 Å². The number of ether oxygens (including phenoxy) is 2. The number of aromatic nitrogens is 3. The van der Waals surface area contributed by atoms with E-state index in [2.05, 4.69) is 26.8 Å². The van der Waals surface area contributed by atoms with Gasteiger partial charge in [-0.3, -0.25) is 0 Å². The summed E-state index contributed by atoms with van der Waals surface area (Å²) in [7, 11) is 3.03. The van der Waals surface area contributed by atoms with Gasteiger partial charge >= 0.3 is 12.0 Å². The van der Waals surface area contributed by atoms with Gasteiger partial charge in [0, 0.05) is 13.1 Å². The summed E-state index contributed by atoms with van der Waals surface area (Å²) in [4.78, 5) is 14.5. The SMILES string of the molecule is CCCN(CCCN)c1nc(OC)nc(OC)n1. The Kier molecular flexibility index (Phi) is 6.13. The highest BCUT2D eigenvalue weighted by Crippen LogP contribution is 2.16. The topological polar surface area (TPSA) is 86.4 Å². The molecule has 1 heterocycles. The molecule has 0 aliphatic heterocycles. The van der Waals surface area contributed by atoms with Crippen LogP contribution in [0.1, 0.15) is 19.8 Å². The molecule has 0 aliphatic carbocycles. The fraction of sp³-hybridized carbons (Fsp3) is 0.727. The predicted molar refractivity (Wildman–Crippen MR) is 69.1 cm³/mol. The summed E-state index contributed by atoms with van der Waals surface area (Å²) in [5.74, 6) is 0.564. The average molecular weight is 255 g/mol. The van der Waals surface area contributed by atoms with E-state index in [0.29, 0.717) is 12.5 Å². The molecule has 0 unspecified atom stereocenters. The first-order valence-corrected chi connectivity index (χ1v) is 6.04. The van der Waals surface area contributed by atoms with Crippen LogP contribution < -0.4 is 20.1 Å². The van der Waals surface area contributed by atoms with Crippen molar-refractivity contribution in [3.8, 4) is 12.0 Å². The van der Waals surface area contributed by atoms with E-state index in [1.54, 1.807) is 0 Å². The second-order valence-electron chi connectivity index (χ2n) is 3.74. The van der Waals surface area contributed by atoms with Gasteiger partial charge in [-0.2, -0.15) is 9.97 Å². The number of nitrogens with zero attached hydrogens (tertiary/aromatic N) is 4. The van der Waals surface area contributed by atoms with Crippen molar-refractivity contribution in [1.82, 2.24) is 15.0 Å². The third-order valence-corrected chi connectivity index (χ3v) is 2.36. The van der Waals surface area contributed by atoms with Crippen LogP contribution in [0.2, 0.25) is 0 Å². The average Bonchev–Trinajstić information content (AvgIpc) is 2.42. The zero-order chi connectivity index (χ0) is 13.4. The number of methoxy groups -OCH3 is 2. The summed E-state index contributed by atoms with van der Waals surface area (Å²) < 4.78 is 10.1. The van der Waals surface area contributed by atoms with E-state index >= 15 is 0 Å². The molecule has 1 aromatic rings. The molecule has 0 amide bonds. The molecule has 0 spiro atoms. The van der Waals surface area contributed by atoms with Gasteiger partial charge in [-0.05, 0) is 19.4 Å². The Hall–Kier alpha value is -1.63. The highest BCUT2D eigenvalue weighted by molar-refractivity contribution is 5.32. The van der Waals surface area contributed by atoms with Gasteiger partial charge in [0.05, 0.1) is 14.2 Å². The summed E-state index contributed by atoms with van der Waals surface area (Å²) in [6.45, 7) is 4.40. The molecule has 18 heavy (non-hydrogen) atoms. The minimum atomic E-state index is 0.255. The maximum absolute atomic E-state index is 5.53. The van der Waals surface area contributed by atoms with Gasteiger partial charge in [-0.15, -0.1) is 4.98 Å². The Morgan fingerprint density at radius 2 is 1.67 bits per heavy atom. The summed E-state index contributed by atoms with van der Waals surface area (Å²) >= 11 is 0. The molecule has 0 saturated heterocycles. The zero-order valence-electron chi connectivity index (χ0n) is 11.2. The molecule has 0 fully saturated rings. The second-order valence-corrected chi connectivity index (χ2v) is 3.74. The lowest BCUT2D eigenvalue weighted by atomic mass is 10.3. The van der Waals surface area contributed by atoms with Crippen molar-refractivity contribution in [2.75, 3.05) is 38.8 Å². The molecule has 7 heteroatoms. The number of hydrogen-bond donors (Lipinski definition) is 1. The van der Waals surface area contributed by atoms with Crippen LogP contribution in [0.5, 0.6) is 12.0 Å². The van der Waals surface area contributed by atoms with Gasteiger partial charge in [0.1, 0.15) is 0 Å². The third kappa shape index (κ3) is 3.99. The number of hydrogen-bond acceptors (Lipinski definition) is 7. The summed E-state index contributed by atoms with van der Waals surface area (Å²) in [6.07, 6.45) is 1.89. The molecule has 0 atom stereocenters. The zero-order valence-corrected chi connectivity index (χ0v) is 11.2. The predicted octanol–water partition coefficient (Wildman–Crippen LogP) is 0.454. The fourth-order valence-electron chi connectivity index (χ4n) is 1.52. The normalized spacial score (nSPS) is 10.2. The minimum absolute atomic E-state index is 0.255. The van der Waals surface area contributed by atoms with Crippen LogP contribution in [0.4, 0.5) is 5.95 Å². The monoisotopic (exact) mass is 255 g/mol. The molecule has 1 aromatic heterocycles. The molecule has 7 nitrogen and oxygen atoms in total. The first-order valence-electron chi connectivity index (χ1n) is 6.04. The van der Waals surface area contributed by atoms with Crippen molar-refractivity contribution in [3.63, 3.8) is 0 Å². The maximum Gasteiger partial charge on any atom is 0.324 e. The van der Waals surface area contributed by atoms with E-state index in [1.165, 1.54) is 14.2 Å². The van der Waals surface area contributed by atoms with Gasteiger partial charge < -0.3 is 20.1 Å². The van der Waals surface area contributed by atoms with Gasteiger partial charge in [0.15, 0.2) is 0 Å². The van der Waals surface area contributed by atoms with E-state index in [0.717, 1.165) is 25.9 Å². The van der Waals surface area contributed by atoms with Crippen LogP contribution in [-0.4, -0.2) is 48.8 Å². The highest BCUT2D eigenvalue weighted by Gasteiger charge is 2.13. The van der Waals surface area contributed by atoms with Gasteiger partial charge in [0.2, 0.25) is 5.95 Å². The lowest BCUT2D eigenvalue weighted by Gasteiger charge is -2.21. The van der Waals surface area contributed by atoms with Gasteiger partial charge in [-0.1, -0.05) is 6.92 Å². The molecular formula is C11H21N5O2. The van der Waals surface area contributed by atoms with Crippen LogP contribution in [0, 0.1) is 0 Å². The fourth-order valence-corrected chi connectivity index (χ4v) is 1.52. The van der Waals surface area contributed by atoms with E-state index in [9.17, 15) is 0 Å². The minimum Gasteiger partial charge on any atom is -0.467 e. The molecule has 0 radical (unpaired) electrons. The smallest absolute Gasteiger partial charge is 0.324 e. The third-order valence-electron chi connectivity index (χ3n) is 2.36. The Morgan fingerprint density at radius 3 is 2.11 bits per heavy atom. The molecule has 0 aromatic carbocycles. The standard InChI is InChI=1S/C11H21N5O2/c1-4-7-16(8-5-6-12)9-13-10(17-2)15-11(14-9)18-3/h4-8,12H2,1-3H3. The van der Waals surface area contributed by atoms with Crippen molar-refractivity contribution in [2.45, 2.75) is 19.8 Å². The molecule has 0 bridgehead atoms. The van der Waals surface area contributed by atoms with Gasteiger partial charge in [0.25, 0.3) is 0 Å². The number of rotatable bonds is 8. The molecular weight excluding hydrogens is 234 g/mol. The molecule has 1 rings (SSSR count). The summed E-state index contributed by atoms with van der Waals surface area (Å²) in [6, 6.07) is 0.511. The largest absolute Gasteiger partial charge is 0.467 e. The Bertz CT molecular complexity index is 339. The van der Waals surface area contributed by atoms with Crippen molar-refractivity contribution in [1.29, 1.82) is 0 Å². The lowest BCUT2D eigenvalue weighted by Crippen LogP contribution is -2.29. The van der Waals surface area contributed by atoms with Crippen molar-refractivity contribution in [2.24, 2.45) is 5.73 Å².